The lowest BCUT2D eigenvalue weighted by molar-refractivity contribution is -0.286. The molecule has 0 bridgehead atoms. The van der Waals surface area contributed by atoms with Gasteiger partial charge in [-0.1, -0.05) is 34.7 Å². The van der Waals surface area contributed by atoms with Gasteiger partial charge in [-0.25, -0.2) is 9.59 Å². The first kappa shape index (κ1) is 31.6. The van der Waals surface area contributed by atoms with Gasteiger partial charge >= 0.3 is 36.1 Å². The molecule has 0 aliphatic rings. The van der Waals surface area contributed by atoms with Gasteiger partial charge < -0.3 is 9.47 Å². The van der Waals surface area contributed by atoms with Crippen LogP contribution in [0.4, 0.5) is 43.9 Å². The highest BCUT2D eigenvalue weighted by Crippen LogP contribution is 2.41. The summed E-state index contributed by atoms with van der Waals surface area (Å²) in [5, 5.41) is 0.670. The Kier molecular flexibility index (Phi) is 9.95. The van der Waals surface area contributed by atoms with Gasteiger partial charge in [0.05, 0.1) is 21.5 Å². The number of alkyl halides is 12. The van der Waals surface area contributed by atoms with Gasteiger partial charge in [0.25, 0.3) is 0 Å². The van der Waals surface area contributed by atoms with Crippen molar-refractivity contribution in [2.75, 3.05) is 6.61 Å². The van der Waals surface area contributed by atoms with Crippen LogP contribution in [0.1, 0.15) is 33.6 Å². The van der Waals surface area contributed by atoms with Crippen LogP contribution in [0.25, 0.3) is 10.8 Å². The fourth-order valence-corrected chi connectivity index (χ4v) is 4.26. The summed E-state index contributed by atoms with van der Waals surface area (Å²) in [4.78, 5) is 24.4. The molecule has 37 heavy (non-hydrogen) atoms. The average Bonchev–Trinajstić information content (AvgIpc) is 2.74. The molecule has 4 nitrogen and oxygen atoms in total. The smallest absolute Gasteiger partial charge is 0.453 e. The highest BCUT2D eigenvalue weighted by molar-refractivity contribution is 14.1. The molecule has 2 aromatic carbocycles. The predicted octanol–water partition coefficient (Wildman–Crippen LogP) is 7.89. The molecule has 206 valence electrons. The highest BCUT2D eigenvalue weighted by atomic mass is 127. The zero-order valence-electron chi connectivity index (χ0n) is 17.9. The van der Waals surface area contributed by atoms with Crippen LogP contribution in [0.5, 0.6) is 0 Å². The summed E-state index contributed by atoms with van der Waals surface area (Å²) in [6, 6.07) is 7.48. The van der Waals surface area contributed by atoms with Crippen molar-refractivity contribution in [3.05, 3.63) is 47.5 Å². The van der Waals surface area contributed by atoms with E-state index >= 15 is 0 Å². The minimum Gasteiger partial charge on any atom is -0.461 e. The van der Waals surface area contributed by atoms with Gasteiger partial charge in [0.1, 0.15) is 6.61 Å². The van der Waals surface area contributed by atoms with E-state index in [4.69, 9.17) is 4.74 Å². The lowest BCUT2D eigenvalue weighted by atomic mass is 10.0. The average molecular weight is 774 g/mol. The van der Waals surface area contributed by atoms with Crippen molar-refractivity contribution in [2.45, 2.75) is 45.1 Å². The second-order valence-electron chi connectivity index (χ2n) is 7.60. The molecule has 0 fully saturated rings. The van der Waals surface area contributed by atoms with Gasteiger partial charge in [-0.15, -0.1) is 0 Å². The Labute approximate surface area is 229 Å². The molecule has 0 aliphatic heterocycles. The molecule has 2 atom stereocenters. The Morgan fingerprint density at radius 2 is 1.14 bits per heavy atom. The molecule has 0 aliphatic carbocycles. The van der Waals surface area contributed by atoms with Crippen LogP contribution in [0.3, 0.4) is 0 Å². The fraction of sp³-hybridized carbons (Fsp3) is 0.429. The van der Waals surface area contributed by atoms with Crippen LogP contribution in [-0.4, -0.2) is 50.8 Å². The Balaban J connectivity index is 2.03. The quantitative estimate of drug-likeness (QED) is 0.113. The van der Waals surface area contributed by atoms with Gasteiger partial charge in [0, 0.05) is 6.42 Å². The van der Waals surface area contributed by atoms with Crippen molar-refractivity contribution in [3.63, 3.8) is 0 Å². The molecule has 0 unspecified atom stereocenters. The van der Waals surface area contributed by atoms with Crippen molar-refractivity contribution in [2.24, 2.45) is 0 Å². The number of halogens is 12. The Morgan fingerprint density at radius 3 is 1.59 bits per heavy atom. The van der Waals surface area contributed by atoms with Crippen LogP contribution < -0.4 is 0 Å². The van der Waals surface area contributed by atoms with Crippen molar-refractivity contribution < 1.29 is 63.0 Å². The molecule has 0 spiro atoms. The van der Waals surface area contributed by atoms with E-state index in [9.17, 15) is 53.5 Å². The van der Waals surface area contributed by atoms with E-state index in [1.165, 1.54) is 52.9 Å². The van der Waals surface area contributed by atoms with Gasteiger partial charge in [-0.05, 0) is 57.6 Å². The Hall–Kier alpha value is -1.60. The molecule has 0 N–H and O–H groups in total. The third-order valence-corrected chi connectivity index (χ3v) is 6.16. The van der Waals surface area contributed by atoms with Crippen molar-refractivity contribution in [3.8, 4) is 0 Å². The van der Waals surface area contributed by atoms with Crippen LogP contribution in [-0.2, 0) is 9.47 Å². The van der Waals surface area contributed by atoms with E-state index in [-0.39, 0.29) is 11.1 Å². The van der Waals surface area contributed by atoms with Crippen molar-refractivity contribution in [1.29, 1.82) is 0 Å². The van der Waals surface area contributed by atoms with Crippen LogP contribution >= 0.6 is 45.2 Å². The van der Waals surface area contributed by atoms with Crippen molar-refractivity contribution >= 4 is 67.9 Å². The molecule has 0 saturated carbocycles. The summed E-state index contributed by atoms with van der Waals surface area (Å²) >= 11 is 2.43. The number of carbonyl (C=O) groups excluding carboxylic acids is 2. The largest absolute Gasteiger partial charge is 0.461 e. The highest BCUT2D eigenvalue weighted by Gasteiger charge is 2.59. The molecule has 0 saturated heterocycles. The first-order valence-corrected chi connectivity index (χ1v) is 12.3. The van der Waals surface area contributed by atoms with Gasteiger partial charge in [-0.2, -0.15) is 43.9 Å². The first-order valence-electron chi connectivity index (χ1n) is 9.83. The van der Waals surface area contributed by atoms with Crippen LogP contribution in [0.2, 0.25) is 0 Å². The molecule has 0 heterocycles. The fourth-order valence-electron chi connectivity index (χ4n) is 2.75. The number of benzene rings is 2. The predicted molar refractivity (Wildman–Crippen MR) is 126 cm³/mol. The monoisotopic (exact) mass is 774 g/mol. The molecular formula is C21H14F10I2O4. The molecule has 0 radical (unpaired) electrons. The number of esters is 2. The Morgan fingerprint density at radius 1 is 0.703 bits per heavy atom. The first-order chi connectivity index (χ1) is 16.7. The summed E-state index contributed by atoms with van der Waals surface area (Å²) in [6.45, 7) is -0.723. The van der Waals surface area contributed by atoms with Crippen LogP contribution in [0.15, 0.2) is 36.4 Å². The molecule has 0 aromatic heterocycles. The summed E-state index contributed by atoms with van der Waals surface area (Å²) in [5.41, 5.74) is -0.270. The van der Waals surface area contributed by atoms with E-state index in [0.29, 0.717) is 10.8 Å². The normalized spacial score (nSPS) is 14.8. The minimum atomic E-state index is -5.81. The third kappa shape index (κ3) is 8.44. The summed E-state index contributed by atoms with van der Waals surface area (Å²) in [6.07, 6.45) is -14.9. The molecule has 2 aromatic rings. The lowest BCUT2D eigenvalue weighted by Gasteiger charge is -2.22. The second kappa shape index (κ2) is 11.6. The molecule has 16 heteroatoms. The minimum absolute atomic E-state index is 0.0873. The van der Waals surface area contributed by atoms with Crippen molar-refractivity contribution in [1.82, 2.24) is 0 Å². The SMILES string of the molecule is O=C(OC[C@H](I)CC(F)(F)C(F)(F)F)c1ccc2cc(C(=O)O[C@@H](I)CC(F)(F)C(F)(F)F)ccc2c1. The number of ether oxygens (including phenoxy) is 2. The van der Waals surface area contributed by atoms with E-state index in [2.05, 4.69) is 4.74 Å². The van der Waals surface area contributed by atoms with Gasteiger partial charge in [0.15, 0.2) is 4.11 Å². The topological polar surface area (TPSA) is 52.6 Å². The third-order valence-electron chi connectivity index (χ3n) is 4.67. The molecular weight excluding hydrogens is 760 g/mol. The number of hydrogen-bond acceptors (Lipinski definition) is 4. The van der Waals surface area contributed by atoms with Crippen LogP contribution in [0, 0.1) is 0 Å². The zero-order chi connectivity index (χ0) is 28.4. The van der Waals surface area contributed by atoms with E-state index in [0.717, 1.165) is 28.7 Å². The lowest BCUT2D eigenvalue weighted by Crippen LogP contribution is -2.39. The Bertz CT molecular complexity index is 1130. The number of carbonyl (C=O) groups is 2. The van der Waals surface area contributed by atoms with E-state index < -0.39 is 63.6 Å². The maximum Gasteiger partial charge on any atom is 0.453 e. The number of hydrogen-bond donors (Lipinski definition) is 0. The second-order valence-corrected chi connectivity index (χ2v) is 10.8. The maximum atomic E-state index is 13.1. The van der Waals surface area contributed by atoms with Gasteiger partial charge in [-0.3, -0.25) is 0 Å². The van der Waals surface area contributed by atoms with E-state index in [1.54, 1.807) is 0 Å². The maximum absolute atomic E-state index is 13.1. The molecule has 0 amide bonds. The summed E-state index contributed by atoms with van der Waals surface area (Å²) < 4.78 is 133. The number of fused-ring (bicyclic) bond motifs is 1. The van der Waals surface area contributed by atoms with Gasteiger partial charge in [0.2, 0.25) is 0 Å². The summed E-state index contributed by atoms with van der Waals surface area (Å²) in [5.74, 6) is -12.2. The summed E-state index contributed by atoms with van der Waals surface area (Å²) in [7, 11) is 0. The van der Waals surface area contributed by atoms with E-state index in [1.807, 2.05) is 0 Å². The zero-order valence-corrected chi connectivity index (χ0v) is 22.2. The molecule has 2 rings (SSSR count). The number of rotatable bonds is 9. The standard InChI is InChI=1S/C21H14F10I2O4/c22-18(23,20(26,27)28)7-14(32)9-36-16(34)12-3-1-11-6-13(4-2-10(11)5-12)17(35)37-15(33)8-19(24,25)21(29,30)31/h1-6,14-15H,7-9H2/t14-,15-/m1/s1.